The van der Waals surface area contributed by atoms with Crippen LogP contribution in [0.25, 0.3) is 0 Å². The molecule has 6 nitrogen and oxygen atoms in total. The maximum absolute atomic E-state index is 12.1. The molecule has 1 aliphatic heterocycles. The van der Waals surface area contributed by atoms with Gasteiger partial charge in [0.25, 0.3) is 5.91 Å². The van der Waals surface area contributed by atoms with Gasteiger partial charge in [-0.15, -0.1) is 11.8 Å². The van der Waals surface area contributed by atoms with Gasteiger partial charge in [-0.2, -0.15) is 0 Å². The van der Waals surface area contributed by atoms with Gasteiger partial charge in [0, 0.05) is 36.8 Å². The summed E-state index contributed by atoms with van der Waals surface area (Å²) in [6, 6.07) is 17.3. The fourth-order valence-electron chi connectivity index (χ4n) is 2.91. The minimum Gasteiger partial charge on any atom is -0.452 e. The molecule has 0 spiro atoms. The SMILES string of the molecule is O=C(COC(=O)c1ccc(CN2CCOCC2)cc1)NCCSc1ccccc1. The summed E-state index contributed by atoms with van der Waals surface area (Å²) in [6.45, 7) is 4.44. The molecule has 0 saturated carbocycles. The van der Waals surface area contributed by atoms with Crippen molar-refractivity contribution in [3.8, 4) is 0 Å². The number of benzene rings is 2. The molecular weight excluding hydrogens is 388 g/mol. The Morgan fingerprint density at radius 2 is 1.76 bits per heavy atom. The minimum absolute atomic E-state index is 0.273. The van der Waals surface area contributed by atoms with E-state index < -0.39 is 5.97 Å². The third-order valence-corrected chi connectivity index (χ3v) is 5.48. The molecule has 1 N–H and O–H groups in total. The summed E-state index contributed by atoms with van der Waals surface area (Å²) in [7, 11) is 0. The number of rotatable bonds is 9. The van der Waals surface area contributed by atoms with E-state index in [-0.39, 0.29) is 12.5 Å². The van der Waals surface area contributed by atoms with Crippen LogP contribution in [-0.2, 0) is 20.8 Å². The van der Waals surface area contributed by atoms with Crippen molar-refractivity contribution in [3.63, 3.8) is 0 Å². The Morgan fingerprint density at radius 3 is 2.48 bits per heavy atom. The van der Waals surface area contributed by atoms with Crippen molar-refractivity contribution < 1.29 is 19.1 Å². The summed E-state index contributed by atoms with van der Waals surface area (Å²) < 4.78 is 10.5. The molecule has 0 atom stereocenters. The molecule has 0 bridgehead atoms. The van der Waals surface area contributed by atoms with E-state index >= 15 is 0 Å². The average Bonchev–Trinajstić information content (AvgIpc) is 2.77. The molecule has 7 heteroatoms. The van der Waals surface area contributed by atoms with E-state index in [9.17, 15) is 9.59 Å². The van der Waals surface area contributed by atoms with Gasteiger partial charge in [0.05, 0.1) is 18.8 Å². The molecule has 0 unspecified atom stereocenters. The van der Waals surface area contributed by atoms with Crippen LogP contribution >= 0.6 is 11.8 Å². The molecule has 1 saturated heterocycles. The molecule has 1 amide bonds. The Balaban J connectivity index is 1.33. The number of ether oxygens (including phenoxy) is 2. The van der Waals surface area contributed by atoms with Gasteiger partial charge in [-0.25, -0.2) is 4.79 Å². The number of esters is 1. The zero-order chi connectivity index (χ0) is 20.3. The third kappa shape index (κ3) is 7.53. The van der Waals surface area contributed by atoms with Gasteiger partial charge in [-0.3, -0.25) is 9.69 Å². The molecule has 1 aliphatic rings. The van der Waals surface area contributed by atoms with Crippen molar-refractivity contribution in [2.75, 3.05) is 45.2 Å². The lowest BCUT2D eigenvalue weighted by molar-refractivity contribution is -0.124. The maximum atomic E-state index is 12.1. The Hall–Kier alpha value is -2.35. The molecule has 0 radical (unpaired) electrons. The van der Waals surface area contributed by atoms with Gasteiger partial charge in [0.15, 0.2) is 6.61 Å². The first kappa shape index (κ1) is 21.4. The van der Waals surface area contributed by atoms with Crippen LogP contribution in [0.4, 0.5) is 0 Å². The van der Waals surface area contributed by atoms with Gasteiger partial charge in [-0.05, 0) is 29.8 Å². The van der Waals surface area contributed by atoms with Crippen molar-refractivity contribution in [3.05, 3.63) is 65.7 Å². The van der Waals surface area contributed by atoms with Gasteiger partial charge < -0.3 is 14.8 Å². The van der Waals surface area contributed by atoms with Gasteiger partial charge in [0.2, 0.25) is 0 Å². The van der Waals surface area contributed by atoms with Gasteiger partial charge >= 0.3 is 5.97 Å². The minimum atomic E-state index is -0.489. The topological polar surface area (TPSA) is 67.9 Å². The summed E-state index contributed by atoms with van der Waals surface area (Å²) in [4.78, 5) is 27.5. The summed E-state index contributed by atoms with van der Waals surface area (Å²) in [5.74, 6) is -0.0263. The molecule has 1 fully saturated rings. The Bertz CT molecular complexity index is 777. The smallest absolute Gasteiger partial charge is 0.338 e. The number of carbonyl (C=O) groups is 2. The van der Waals surface area contributed by atoms with Gasteiger partial charge in [0.1, 0.15) is 0 Å². The molecule has 1 heterocycles. The standard InChI is InChI=1S/C22H26N2O4S/c25-21(23-10-15-29-20-4-2-1-3-5-20)17-28-22(26)19-8-6-18(7-9-19)16-24-11-13-27-14-12-24/h1-9H,10-17H2,(H,23,25). The first-order valence-corrected chi connectivity index (χ1v) is 10.7. The zero-order valence-electron chi connectivity index (χ0n) is 16.3. The van der Waals surface area contributed by atoms with E-state index in [0.29, 0.717) is 12.1 Å². The van der Waals surface area contributed by atoms with E-state index in [1.54, 1.807) is 23.9 Å². The maximum Gasteiger partial charge on any atom is 0.338 e. The number of thioether (sulfide) groups is 1. The number of amides is 1. The predicted molar refractivity (Wildman–Crippen MR) is 113 cm³/mol. The van der Waals surface area contributed by atoms with Crippen LogP contribution in [0.3, 0.4) is 0 Å². The van der Waals surface area contributed by atoms with E-state index in [1.807, 2.05) is 42.5 Å². The molecule has 29 heavy (non-hydrogen) atoms. The highest BCUT2D eigenvalue weighted by Crippen LogP contribution is 2.15. The highest BCUT2D eigenvalue weighted by atomic mass is 32.2. The van der Waals surface area contributed by atoms with E-state index in [4.69, 9.17) is 9.47 Å². The fraction of sp³-hybridized carbons (Fsp3) is 0.364. The Morgan fingerprint density at radius 1 is 1.03 bits per heavy atom. The van der Waals surface area contributed by atoms with Crippen LogP contribution in [0.2, 0.25) is 0 Å². The number of hydrogen-bond donors (Lipinski definition) is 1. The van der Waals surface area contributed by atoms with Crippen molar-refractivity contribution in [2.45, 2.75) is 11.4 Å². The molecule has 0 aliphatic carbocycles. The Kier molecular flexibility index (Phi) is 8.55. The van der Waals surface area contributed by atoms with E-state index in [0.717, 1.165) is 49.1 Å². The van der Waals surface area contributed by atoms with Crippen molar-refractivity contribution in [2.24, 2.45) is 0 Å². The fourth-order valence-corrected chi connectivity index (χ4v) is 3.69. The number of morpholine rings is 1. The normalized spacial score (nSPS) is 14.3. The first-order chi connectivity index (χ1) is 14.2. The average molecular weight is 415 g/mol. The second-order valence-electron chi connectivity index (χ2n) is 6.67. The van der Waals surface area contributed by atoms with Crippen LogP contribution in [0.5, 0.6) is 0 Å². The molecule has 2 aromatic rings. The quantitative estimate of drug-likeness (QED) is 0.387. The second kappa shape index (κ2) is 11.6. The summed E-state index contributed by atoms with van der Waals surface area (Å²) >= 11 is 1.66. The lowest BCUT2D eigenvalue weighted by atomic mass is 10.1. The zero-order valence-corrected chi connectivity index (χ0v) is 17.2. The largest absolute Gasteiger partial charge is 0.452 e. The highest BCUT2D eigenvalue weighted by molar-refractivity contribution is 7.99. The van der Waals surface area contributed by atoms with Crippen molar-refractivity contribution in [1.29, 1.82) is 0 Å². The van der Waals surface area contributed by atoms with E-state index in [1.165, 1.54) is 0 Å². The van der Waals surface area contributed by atoms with Crippen LogP contribution < -0.4 is 5.32 Å². The van der Waals surface area contributed by atoms with Crippen LogP contribution in [0.1, 0.15) is 15.9 Å². The first-order valence-electron chi connectivity index (χ1n) is 9.71. The van der Waals surface area contributed by atoms with Crippen LogP contribution in [0, 0.1) is 0 Å². The number of nitrogens with one attached hydrogen (secondary N) is 1. The second-order valence-corrected chi connectivity index (χ2v) is 7.84. The molecular formula is C22H26N2O4S. The van der Waals surface area contributed by atoms with Crippen LogP contribution in [0.15, 0.2) is 59.5 Å². The molecule has 2 aromatic carbocycles. The van der Waals surface area contributed by atoms with Crippen molar-refractivity contribution in [1.82, 2.24) is 10.2 Å². The van der Waals surface area contributed by atoms with E-state index in [2.05, 4.69) is 10.2 Å². The lowest BCUT2D eigenvalue weighted by Gasteiger charge is -2.26. The van der Waals surface area contributed by atoms with Crippen molar-refractivity contribution >= 4 is 23.6 Å². The lowest BCUT2D eigenvalue weighted by Crippen LogP contribution is -2.35. The predicted octanol–water partition coefficient (Wildman–Crippen LogP) is 2.58. The third-order valence-electron chi connectivity index (χ3n) is 4.47. The molecule has 3 rings (SSSR count). The summed E-state index contributed by atoms with van der Waals surface area (Å²) in [5, 5.41) is 2.76. The molecule has 154 valence electrons. The Labute approximate surface area is 175 Å². The monoisotopic (exact) mass is 414 g/mol. The number of hydrogen-bond acceptors (Lipinski definition) is 6. The van der Waals surface area contributed by atoms with Crippen LogP contribution in [-0.4, -0.2) is 62.0 Å². The summed E-state index contributed by atoms with van der Waals surface area (Å²) in [6.07, 6.45) is 0. The molecule has 0 aromatic heterocycles. The summed E-state index contributed by atoms with van der Waals surface area (Å²) in [5.41, 5.74) is 1.58. The van der Waals surface area contributed by atoms with Gasteiger partial charge in [-0.1, -0.05) is 30.3 Å². The number of carbonyl (C=O) groups excluding carboxylic acids is 2. The number of nitrogens with zero attached hydrogens (tertiary/aromatic N) is 1. The highest BCUT2D eigenvalue weighted by Gasteiger charge is 2.13.